The predicted octanol–water partition coefficient (Wildman–Crippen LogP) is 0.642. The molecule has 5 N–H and O–H groups in total. The summed E-state index contributed by atoms with van der Waals surface area (Å²) in [6, 6.07) is 0. The summed E-state index contributed by atoms with van der Waals surface area (Å²) in [7, 11) is 0. The first-order chi connectivity index (χ1) is 18.4. The lowest BCUT2D eigenvalue weighted by Crippen LogP contribution is -2.54. The van der Waals surface area contributed by atoms with Gasteiger partial charge in [-0.2, -0.15) is 35.1 Å². The summed E-state index contributed by atoms with van der Waals surface area (Å²) in [5.41, 5.74) is 0. The number of aliphatic hydroxyl groups is 5. The first-order valence-corrected chi connectivity index (χ1v) is 10.4. The van der Waals surface area contributed by atoms with Crippen molar-refractivity contribution in [2.45, 2.75) is 55.3 Å². The molecule has 248 valence electrons. The van der Waals surface area contributed by atoms with E-state index in [-0.39, 0.29) is 0 Å². The van der Waals surface area contributed by atoms with Crippen LogP contribution < -0.4 is 0 Å². The Balaban J connectivity index is 5.03. The van der Waals surface area contributed by atoms with Crippen LogP contribution in [0, 0.1) is 0 Å². The minimum Gasteiger partial charge on any atom is -0.394 e. The minimum atomic E-state index is -6.93. The third-order valence-electron chi connectivity index (χ3n) is 3.57. The summed E-state index contributed by atoms with van der Waals surface area (Å²) < 4.78 is 182. The van der Waals surface area contributed by atoms with Gasteiger partial charge in [0.05, 0.1) is 39.6 Å². The molecule has 0 saturated carbocycles. The summed E-state index contributed by atoms with van der Waals surface area (Å²) in [6.07, 6.45) is -42.3. The lowest BCUT2D eigenvalue weighted by Gasteiger charge is -2.32. The van der Waals surface area contributed by atoms with Gasteiger partial charge in [-0.25, -0.2) is 18.9 Å². The molecule has 0 aromatic carbocycles. The zero-order chi connectivity index (χ0) is 32.3. The highest BCUT2D eigenvalue weighted by atomic mass is 19.3. The highest BCUT2D eigenvalue weighted by Gasteiger charge is 2.69. The van der Waals surface area contributed by atoms with E-state index in [0.29, 0.717) is 0 Å². The van der Waals surface area contributed by atoms with Gasteiger partial charge in [0.15, 0.2) is 0 Å². The van der Waals surface area contributed by atoms with Crippen LogP contribution in [0.25, 0.3) is 0 Å². The molecule has 0 heterocycles. The van der Waals surface area contributed by atoms with Crippen molar-refractivity contribution in [3.05, 3.63) is 0 Å². The molecule has 0 aliphatic heterocycles. The van der Waals surface area contributed by atoms with Crippen LogP contribution in [0.2, 0.25) is 0 Å². The van der Waals surface area contributed by atoms with E-state index in [1.54, 1.807) is 0 Å². The van der Waals surface area contributed by atoms with Gasteiger partial charge in [0.1, 0.15) is 31.5 Å². The van der Waals surface area contributed by atoms with Crippen molar-refractivity contribution in [3.63, 3.8) is 0 Å². The molecular weight excluding hydrogens is 624 g/mol. The van der Waals surface area contributed by atoms with Crippen LogP contribution in [0.15, 0.2) is 0 Å². The molecule has 0 aliphatic carbocycles. The van der Waals surface area contributed by atoms with Gasteiger partial charge in [-0.05, 0) is 0 Å². The molecule has 0 bridgehead atoms. The van der Waals surface area contributed by atoms with Crippen LogP contribution in [0.3, 0.4) is 0 Å². The Morgan fingerprint density at radius 3 is 1.24 bits per heavy atom. The van der Waals surface area contributed by atoms with E-state index in [0.717, 1.165) is 0 Å². The Labute approximate surface area is 220 Å². The van der Waals surface area contributed by atoms with E-state index in [1.807, 2.05) is 4.74 Å². The second-order valence-corrected chi connectivity index (χ2v) is 7.54. The van der Waals surface area contributed by atoms with Crippen molar-refractivity contribution < 1.29 is 111 Å². The fourth-order valence-electron chi connectivity index (χ4n) is 1.99. The molecule has 0 saturated heterocycles. The molecule has 3 unspecified atom stereocenters. The zero-order valence-corrected chi connectivity index (χ0v) is 20.0. The number of rotatable bonds is 23. The van der Waals surface area contributed by atoms with Gasteiger partial charge in [-0.3, -0.25) is 0 Å². The van der Waals surface area contributed by atoms with Crippen molar-refractivity contribution in [2.75, 3.05) is 52.9 Å². The molecular formula is C17H24F12O12. The number of alkyl halides is 12. The van der Waals surface area contributed by atoms with Gasteiger partial charge in [-0.1, -0.05) is 0 Å². The minimum absolute atomic E-state index is 0.548. The lowest BCUT2D eigenvalue weighted by molar-refractivity contribution is -0.598. The molecule has 0 amide bonds. The highest BCUT2D eigenvalue weighted by Crippen LogP contribution is 2.45. The van der Waals surface area contributed by atoms with Crippen LogP contribution in [-0.4, -0.2) is 134 Å². The molecule has 41 heavy (non-hydrogen) atoms. The quantitative estimate of drug-likeness (QED) is 0.0777. The van der Waals surface area contributed by atoms with Gasteiger partial charge >= 0.3 is 37.0 Å². The van der Waals surface area contributed by atoms with Crippen molar-refractivity contribution in [1.29, 1.82) is 0 Å². The fraction of sp³-hybridized carbons (Fsp3) is 1.00. The lowest BCUT2D eigenvalue weighted by atomic mass is 10.4. The third-order valence-corrected chi connectivity index (χ3v) is 3.57. The molecule has 0 aromatic heterocycles. The Morgan fingerprint density at radius 2 is 0.780 bits per heavy atom. The van der Waals surface area contributed by atoms with Crippen molar-refractivity contribution in [3.8, 4) is 0 Å². The molecule has 0 aromatic rings. The normalized spacial score (nSPS) is 16.6. The summed E-state index contributed by atoms with van der Waals surface area (Å²) in [6.45, 7) is -9.94. The molecule has 0 radical (unpaired) electrons. The van der Waals surface area contributed by atoms with E-state index < -0.39 is 108 Å². The smallest absolute Gasteiger partial charge is 0.394 e. The maximum Gasteiger partial charge on any atom is 0.497 e. The van der Waals surface area contributed by atoms with Crippen LogP contribution in [0.1, 0.15) is 0 Å². The third kappa shape index (κ3) is 16.8. The number of hydrogen-bond donors (Lipinski definition) is 5. The fourth-order valence-corrected chi connectivity index (χ4v) is 1.99. The average molecular weight is 648 g/mol. The van der Waals surface area contributed by atoms with E-state index >= 15 is 0 Å². The Morgan fingerprint density at radius 1 is 0.439 bits per heavy atom. The number of ether oxygens (including phenoxy) is 7. The first kappa shape index (κ1) is 39.7. The SMILES string of the molecule is OCC(O)COCC(O)COCC(F)(F)OC(F)(F)C(F)(F)OC(F)(F)OC(F)(F)OC(F)(F)COCC(O)CO. The van der Waals surface area contributed by atoms with Crippen molar-refractivity contribution in [1.82, 2.24) is 0 Å². The number of hydrogen-bond acceptors (Lipinski definition) is 12. The summed E-state index contributed by atoms with van der Waals surface area (Å²) in [4.78, 5) is 0. The topological polar surface area (TPSA) is 166 Å². The Hall–Kier alpha value is -1.32. The predicted molar refractivity (Wildman–Crippen MR) is 98.7 cm³/mol. The highest BCUT2D eigenvalue weighted by molar-refractivity contribution is 4.71. The standard InChI is InChI=1S/C17H24F12O12/c18-12(19,7-37-6-11(34)5-35-3-9(32)1-30)38-14(22,23)15(24,25)40-17(28,29)41-16(26,27)39-13(20,21)8-36-4-10(33)2-31/h9-11,30-34H,1-8H2. The average Bonchev–Trinajstić information content (AvgIpc) is 2.75. The molecule has 0 rings (SSSR count). The molecule has 3 atom stereocenters. The van der Waals surface area contributed by atoms with Crippen LogP contribution in [-0.2, 0) is 33.2 Å². The summed E-state index contributed by atoms with van der Waals surface area (Å²) >= 11 is 0. The molecule has 12 nitrogen and oxygen atoms in total. The first-order valence-electron chi connectivity index (χ1n) is 10.4. The Kier molecular flexibility index (Phi) is 15.4. The molecule has 24 heteroatoms. The molecule has 0 spiro atoms. The maximum atomic E-state index is 13.5. The second kappa shape index (κ2) is 15.9. The van der Waals surface area contributed by atoms with Crippen LogP contribution >= 0.6 is 0 Å². The summed E-state index contributed by atoms with van der Waals surface area (Å²) in [5, 5.41) is 44.1. The number of aliphatic hydroxyl groups excluding tert-OH is 5. The van der Waals surface area contributed by atoms with Crippen molar-refractivity contribution >= 4 is 0 Å². The Bertz CT molecular complexity index is 749. The van der Waals surface area contributed by atoms with Gasteiger partial charge in [0.2, 0.25) is 0 Å². The largest absolute Gasteiger partial charge is 0.497 e. The number of halogens is 12. The zero-order valence-electron chi connectivity index (χ0n) is 20.0. The van der Waals surface area contributed by atoms with E-state index in [1.165, 1.54) is 0 Å². The van der Waals surface area contributed by atoms with Crippen molar-refractivity contribution in [2.24, 2.45) is 0 Å². The van der Waals surface area contributed by atoms with E-state index in [2.05, 4.69) is 28.4 Å². The summed E-state index contributed by atoms with van der Waals surface area (Å²) in [5.74, 6) is 0. The van der Waals surface area contributed by atoms with Gasteiger partial charge in [0.25, 0.3) is 0 Å². The van der Waals surface area contributed by atoms with Crippen LogP contribution in [0.4, 0.5) is 52.7 Å². The van der Waals surface area contributed by atoms with Gasteiger partial charge < -0.3 is 39.7 Å². The monoisotopic (exact) mass is 648 g/mol. The molecule has 0 aliphatic rings. The second-order valence-electron chi connectivity index (χ2n) is 7.54. The molecule has 0 fully saturated rings. The van der Waals surface area contributed by atoms with E-state index in [9.17, 15) is 57.8 Å². The van der Waals surface area contributed by atoms with Crippen LogP contribution in [0.5, 0.6) is 0 Å². The maximum absolute atomic E-state index is 13.5. The van der Waals surface area contributed by atoms with E-state index in [4.69, 9.17) is 20.4 Å². The van der Waals surface area contributed by atoms with Gasteiger partial charge in [-0.15, -0.1) is 17.6 Å². The van der Waals surface area contributed by atoms with Gasteiger partial charge in [0, 0.05) is 0 Å².